The van der Waals surface area contributed by atoms with Crippen LogP contribution in [0.4, 0.5) is 0 Å². The standard InChI is InChI=1S/C11H14ClNO2/c1-8(2)13(15)7-11(14)9-4-3-5-10(12)6-9/h3-6,8,15H,7H2,1-2H3. The van der Waals surface area contributed by atoms with Gasteiger partial charge in [-0.25, -0.2) is 0 Å². The van der Waals surface area contributed by atoms with E-state index in [1.165, 1.54) is 0 Å². The van der Waals surface area contributed by atoms with Gasteiger partial charge in [0.15, 0.2) is 5.78 Å². The van der Waals surface area contributed by atoms with E-state index >= 15 is 0 Å². The maximum Gasteiger partial charge on any atom is 0.179 e. The molecule has 3 nitrogen and oxygen atoms in total. The molecule has 0 heterocycles. The molecule has 15 heavy (non-hydrogen) atoms. The molecule has 0 saturated carbocycles. The Balaban J connectivity index is 2.69. The van der Waals surface area contributed by atoms with Gasteiger partial charge < -0.3 is 5.21 Å². The van der Waals surface area contributed by atoms with E-state index in [2.05, 4.69) is 0 Å². The highest BCUT2D eigenvalue weighted by atomic mass is 35.5. The van der Waals surface area contributed by atoms with Gasteiger partial charge in [-0.2, -0.15) is 5.06 Å². The third kappa shape index (κ3) is 3.63. The molecule has 1 aromatic rings. The normalized spacial score (nSPS) is 11.1. The van der Waals surface area contributed by atoms with E-state index < -0.39 is 0 Å². The minimum Gasteiger partial charge on any atom is -0.313 e. The molecule has 1 aromatic carbocycles. The average molecular weight is 228 g/mol. The van der Waals surface area contributed by atoms with Crippen molar-refractivity contribution in [3.8, 4) is 0 Å². The van der Waals surface area contributed by atoms with Crippen LogP contribution in [0.1, 0.15) is 24.2 Å². The number of carbonyl (C=O) groups is 1. The molecule has 0 aliphatic heterocycles. The maximum atomic E-state index is 11.7. The number of Topliss-reactive ketones (excluding diaryl/α,β-unsaturated/α-hetero) is 1. The highest BCUT2D eigenvalue weighted by Gasteiger charge is 2.13. The van der Waals surface area contributed by atoms with Gasteiger partial charge in [-0.3, -0.25) is 4.79 Å². The molecule has 0 amide bonds. The van der Waals surface area contributed by atoms with E-state index in [0.717, 1.165) is 5.06 Å². The topological polar surface area (TPSA) is 40.5 Å². The molecule has 1 N–H and O–H groups in total. The van der Waals surface area contributed by atoms with Gasteiger partial charge >= 0.3 is 0 Å². The molecule has 0 aliphatic carbocycles. The van der Waals surface area contributed by atoms with Crippen LogP contribution >= 0.6 is 11.6 Å². The summed E-state index contributed by atoms with van der Waals surface area (Å²) in [7, 11) is 0. The van der Waals surface area contributed by atoms with Crippen LogP contribution in [0.2, 0.25) is 5.02 Å². The number of hydrogen-bond acceptors (Lipinski definition) is 3. The maximum absolute atomic E-state index is 11.7. The zero-order valence-electron chi connectivity index (χ0n) is 8.77. The van der Waals surface area contributed by atoms with Crippen molar-refractivity contribution in [1.29, 1.82) is 0 Å². The van der Waals surface area contributed by atoms with E-state index in [1.807, 2.05) is 13.8 Å². The smallest absolute Gasteiger partial charge is 0.179 e. The van der Waals surface area contributed by atoms with E-state index in [0.29, 0.717) is 10.6 Å². The van der Waals surface area contributed by atoms with Crippen molar-refractivity contribution < 1.29 is 10.0 Å². The summed E-state index contributed by atoms with van der Waals surface area (Å²) in [5.41, 5.74) is 0.516. The van der Waals surface area contributed by atoms with Crippen molar-refractivity contribution >= 4 is 17.4 Å². The van der Waals surface area contributed by atoms with Crippen molar-refractivity contribution in [3.63, 3.8) is 0 Å². The van der Waals surface area contributed by atoms with Crippen LogP contribution in [0.5, 0.6) is 0 Å². The molecule has 0 aromatic heterocycles. The van der Waals surface area contributed by atoms with Gasteiger partial charge in [0.25, 0.3) is 0 Å². The van der Waals surface area contributed by atoms with Gasteiger partial charge in [-0.15, -0.1) is 0 Å². The summed E-state index contributed by atoms with van der Waals surface area (Å²) in [5.74, 6) is -0.145. The van der Waals surface area contributed by atoms with E-state index in [9.17, 15) is 10.0 Å². The van der Waals surface area contributed by atoms with Gasteiger partial charge in [-0.05, 0) is 26.0 Å². The van der Waals surface area contributed by atoms with Crippen LogP contribution in [0, 0.1) is 0 Å². The monoisotopic (exact) mass is 227 g/mol. The lowest BCUT2D eigenvalue weighted by atomic mass is 10.1. The number of halogens is 1. The highest BCUT2D eigenvalue weighted by molar-refractivity contribution is 6.31. The van der Waals surface area contributed by atoms with Gasteiger partial charge in [0.1, 0.15) is 0 Å². The Kier molecular flexibility index (Phi) is 4.27. The fourth-order valence-corrected chi connectivity index (χ4v) is 1.27. The summed E-state index contributed by atoms with van der Waals surface area (Å²) >= 11 is 5.76. The highest BCUT2D eigenvalue weighted by Crippen LogP contribution is 2.11. The van der Waals surface area contributed by atoms with Crippen LogP contribution < -0.4 is 0 Å². The lowest BCUT2D eigenvalue weighted by molar-refractivity contribution is -0.107. The molecule has 4 heteroatoms. The number of ketones is 1. The summed E-state index contributed by atoms with van der Waals surface area (Å²) < 4.78 is 0. The molecule has 82 valence electrons. The second-order valence-electron chi connectivity index (χ2n) is 3.62. The van der Waals surface area contributed by atoms with Crippen molar-refractivity contribution in [3.05, 3.63) is 34.9 Å². The number of hydroxylamine groups is 2. The van der Waals surface area contributed by atoms with E-state index in [-0.39, 0.29) is 18.4 Å². The first-order chi connectivity index (χ1) is 7.00. The van der Waals surface area contributed by atoms with Crippen LogP contribution in [-0.2, 0) is 0 Å². The van der Waals surface area contributed by atoms with Crippen LogP contribution in [0.3, 0.4) is 0 Å². The molecule has 0 aliphatic rings. The zero-order valence-corrected chi connectivity index (χ0v) is 9.53. The number of nitrogens with zero attached hydrogens (tertiary/aromatic N) is 1. The Morgan fingerprint density at radius 2 is 2.20 bits per heavy atom. The molecule has 1 rings (SSSR count). The third-order valence-electron chi connectivity index (χ3n) is 2.05. The summed E-state index contributed by atoms with van der Waals surface area (Å²) in [6, 6.07) is 6.62. The third-order valence-corrected chi connectivity index (χ3v) is 2.28. The average Bonchev–Trinajstić information content (AvgIpc) is 2.17. The molecule has 0 unspecified atom stereocenters. The van der Waals surface area contributed by atoms with Crippen LogP contribution in [0.15, 0.2) is 24.3 Å². The lowest BCUT2D eigenvalue weighted by Crippen LogP contribution is -2.32. The summed E-state index contributed by atoms with van der Waals surface area (Å²) in [6.45, 7) is 3.61. The van der Waals surface area contributed by atoms with Crippen LogP contribution in [-0.4, -0.2) is 28.6 Å². The number of hydrogen-bond donors (Lipinski definition) is 1. The first-order valence-electron chi connectivity index (χ1n) is 4.75. The van der Waals surface area contributed by atoms with Crippen LogP contribution in [0.25, 0.3) is 0 Å². The van der Waals surface area contributed by atoms with Gasteiger partial charge in [0.05, 0.1) is 6.54 Å². The predicted octanol–water partition coefficient (Wildman–Crippen LogP) is 2.62. The quantitative estimate of drug-likeness (QED) is 0.635. The molecule has 0 bridgehead atoms. The number of rotatable bonds is 4. The molecule has 0 spiro atoms. The molecule has 0 atom stereocenters. The second-order valence-corrected chi connectivity index (χ2v) is 4.06. The number of benzene rings is 1. The first-order valence-corrected chi connectivity index (χ1v) is 5.13. The Morgan fingerprint density at radius 1 is 1.53 bits per heavy atom. The van der Waals surface area contributed by atoms with E-state index in [4.69, 9.17) is 11.6 Å². The minimum absolute atomic E-state index is 0.0159. The summed E-state index contributed by atoms with van der Waals surface area (Å²) in [6.07, 6.45) is 0. The number of carbonyl (C=O) groups excluding carboxylic acids is 1. The minimum atomic E-state index is -0.145. The Labute approximate surface area is 94.2 Å². The van der Waals surface area contributed by atoms with Crippen molar-refractivity contribution in [2.24, 2.45) is 0 Å². The van der Waals surface area contributed by atoms with Crippen molar-refractivity contribution in [2.45, 2.75) is 19.9 Å². The fraction of sp³-hybridized carbons (Fsp3) is 0.364. The Bertz CT molecular complexity index is 352. The molecular weight excluding hydrogens is 214 g/mol. The first kappa shape index (κ1) is 12.2. The zero-order chi connectivity index (χ0) is 11.4. The summed E-state index contributed by atoms with van der Waals surface area (Å²) in [4.78, 5) is 11.7. The Hall–Kier alpha value is -0.900. The van der Waals surface area contributed by atoms with Crippen molar-refractivity contribution in [1.82, 2.24) is 5.06 Å². The van der Waals surface area contributed by atoms with Gasteiger partial charge in [-0.1, -0.05) is 23.7 Å². The van der Waals surface area contributed by atoms with E-state index in [1.54, 1.807) is 24.3 Å². The van der Waals surface area contributed by atoms with Crippen molar-refractivity contribution in [2.75, 3.05) is 6.54 Å². The van der Waals surface area contributed by atoms with Gasteiger partial charge in [0, 0.05) is 16.6 Å². The SMILES string of the molecule is CC(C)N(O)CC(=O)c1cccc(Cl)c1. The summed E-state index contributed by atoms with van der Waals surface area (Å²) in [5, 5.41) is 10.9. The van der Waals surface area contributed by atoms with Gasteiger partial charge in [0.2, 0.25) is 0 Å². The molecule has 0 radical (unpaired) electrons. The predicted molar refractivity (Wildman–Crippen MR) is 59.4 cm³/mol. The molecule has 0 saturated heterocycles. The largest absolute Gasteiger partial charge is 0.313 e. The fourth-order valence-electron chi connectivity index (χ4n) is 1.08. The second kappa shape index (κ2) is 5.26. The molecular formula is C11H14ClNO2. The lowest BCUT2D eigenvalue weighted by Gasteiger charge is -2.17. The Morgan fingerprint density at radius 3 is 2.73 bits per heavy atom. The molecule has 0 fully saturated rings.